The Balaban J connectivity index is 1.54. The van der Waals surface area contributed by atoms with Crippen molar-refractivity contribution in [1.29, 1.82) is 0 Å². The molecule has 11 nitrogen and oxygen atoms in total. The van der Waals surface area contributed by atoms with Crippen molar-refractivity contribution in [2.24, 2.45) is 0 Å². The minimum atomic E-state index is -0.573. The number of aromatic nitrogens is 4. The van der Waals surface area contributed by atoms with Gasteiger partial charge >= 0.3 is 0 Å². The van der Waals surface area contributed by atoms with E-state index in [1.54, 1.807) is 18.2 Å². The number of carbonyl (C=O) groups excluding carboxylic acids is 3. The predicted octanol–water partition coefficient (Wildman–Crippen LogP) is 1.36. The summed E-state index contributed by atoms with van der Waals surface area (Å²) in [5, 5.41) is 5.36. The molecule has 3 heterocycles. The third-order valence-corrected chi connectivity index (χ3v) is 6.46. The highest BCUT2D eigenvalue weighted by atomic mass is 35.5. The Morgan fingerprint density at radius 1 is 1.21 bits per heavy atom. The summed E-state index contributed by atoms with van der Waals surface area (Å²) in [5.74, 6) is 0.207. The molecule has 13 heteroatoms. The fraction of sp³-hybridized carbons (Fsp3) is 0.300. The van der Waals surface area contributed by atoms with Crippen molar-refractivity contribution in [3.05, 3.63) is 40.4 Å². The van der Waals surface area contributed by atoms with Gasteiger partial charge in [0.2, 0.25) is 5.12 Å². The van der Waals surface area contributed by atoms with Crippen molar-refractivity contribution >= 4 is 63.0 Å². The zero-order chi connectivity index (χ0) is 23.7. The maximum absolute atomic E-state index is 12.6. The van der Waals surface area contributed by atoms with Gasteiger partial charge in [-0.25, -0.2) is 15.0 Å². The van der Waals surface area contributed by atoms with Crippen LogP contribution < -0.4 is 22.1 Å². The highest BCUT2D eigenvalue weighted by Gasteiger charge is 2.27. The summed E-state index contributed by atoms with van der Waals surface area (Å²) < 4.78 is 1.88. The maximum atomic E-state index is 12.6. The molecule has 2 amide bonds. The molecule has 0 bridgehead atoms. The molecular weight excluding hydrogens is 468 g/mol. The molecule has 2 aromatic heterocycles. The van der Waals surface area contributed by atoms with Gasteiger partial charge in [0.1, 0.15) is 5.82 Å². The molecule has 1 aromatic carbocycles. The number of aryl methyl sites for hydroxylation is 1. The second-order valence-corrected chi connectivity index (χ2v) is 8.73. The van der Waals surface area contributed by atoms with Crippen LogP contribution in [0.5, 0.6) is 0 Å². The quantitative estimate of drug-likeness (QED) is 0.399. The van der Waals surface area contributed by atoms with Crippen molar-refractivity contribution in [3.8, 4) is 0 Å². The third kappa shape index (κ3) is 4.57. The molecule has 172 valence electrons. The van der Waals surface area contributed by atoms with Crippen molar-refractivity contribution < 1.29 is 14.4 Å². The van der Waals surface area contributed by atoms with Crippen LogP contribution in [0.4, 0.5) is 11.6 Å². The van der Waals surface area contributed by atoms with Crippen LogP contribution in [-0.2, 0) is 17.9 Å². The molecule has 1 fully saturated rings. The van der Waals surface area contributed by atoms with Crippen molar-refractivity contribution in [1.82, 2.24) is 30.2 Å². The number of amides is 2. The van der Waals surface area contributed by atoms with Gasteiger partial charge in [-0.3, -0.25) is 14.4 Å². The molecule has 1 atom stereocenters. The number of carbonyl (C=O) groups is 3. The molecule has 6 N–H and O–H groups in total. The standard InChI is InChI=1S/C20H21ClN8O3S/c1-2-29-12-7-9(18(30)26-11-5-6-33-20(11)32)3-4-10(12)25-13(29)8-24-19(31)14-16(22)28-17(23)15(21)27-14/h3-4,7,11H,2,5-6,8H2,1H3,(H,24,31)(H,26,30)(H4,22,23,28). The summed E-state index contributed by atoms with van der Waals surface area (Å²) in [7, 11) is 0. The molecule has 0 saturated carbocycles. The van der Waals surface area contributed by atoms with Gasteiger partial charge < -0.3 is 26.7 Å². The Labute approximate surface area is 197 Å². The monoisotopic (exact) mass is 488 g/mol. The summed E-state index contributed by atoms with van der Waals surface area (Å²) in [6.45, 7) is 2.57. The van der Waals surface area contributed by atoms with Crippen LogP contribution in [-0.4, -0.2) is 48.2 Å². The first-order valence-electron chi connectivity index (χ1n) is 10.1. The SMILES string of the molecule is CCn1c(CNC(=O)c2nc(Cl)c(N)nc2N)nc2ccc(C(=O)NC3CCSC3=O)cc21. The van der Waals surface area contributed by atoms with Gasteiger partial charge in [-0.2, -0.15) is 0 Å². The first kappa shape index (κ1) is 22.8. The predicted molar refractivity (Wildman–Crippen MR) is 126 cm³/mol. The molecule has 0 radical (unpaired) electrons. The number of nitrogens with one attached hydrogen (secondary N) is 2. The van der Waals surface area contributed by atoms with E-state index >= 15 is 0 Å². The van der Waals surface area contributed by atoms with E-state index in [2.05, 4.69) is 25.6 Å². The normalized spacial score (nSPS) is 15.7. The number of hydrogen-bond donors (Lipinski definition) is 4. The van der Waals surface area contributed by atoms with Crippen LogP contribution in [0.15, 0.2) is 18.2 Å². The number of nitrogens with zero attached hydrogens (tertiary/aromatic N) is 4. The summed E-state index contributed by atoms with van der Waals surface area (Å²) in [6.07, 6.45) is 0.627. The first-order valence-corrected chi connectivity index (χ1v) is 11.5. The second-order valence-electron chi connectivity index (χ2n) is 7.27. The molecule has 4 rings (SSSR count). The zero-order valence-electron chi connectivity index (χ0n) is 17.6. The largest absolute Gasteiger partial charge is 0.382 e. The highest BCUT2D eigenvalue weighted by molar-refractivity contribution is 8.14. The summed E-state index contributed by atoms with van der Waals surface area (Å²) >= 11 is 7.08. The number of fused-ring (bicyclic) bond motifs is 1. The second kappa shape index (κ2) is 9.24. The van der Waals surface area contributed by atoms with Gasteiger partial charge in [0.25, 0.3) is 11.8 Å². The third-order valence-electron chi connectivity index (χ3n) is 5.17. The van der Waals surface area contributed by atoms with Gasteiger partial charge in [0.05, 0.1) is 23.6 Å². The lowest BCUT2D eigenvalue weighted by atomic mass is 10.1. The number of anilines is 2. The lowest BCUT2D eigenvalue weighted by molar-refractivity contribution is -0.112. The minimum absolute atomic E-state index is 0.0197. The maximum Gasteiger partial charge on any atom is 0.274 e. The fourth-order valence-electron chi connectivity index (χ4n) is 3.52. The van der Waals surface area contributed by atoms with Crippen LogP contribution in [0.3, 0.4) is 0 Å². The Kier molecular flexibility index (Phi) is 6.38. The molecule has 1 aliphatic heterocycles. The smallest absolute Gasteiger partial charge is 0.274 e. The van der Waals surface area contributed by atoms with Crippen molar-refractivity contribution in [2.75, 3.05) is 17.2 Å². The number of nitrogens with two attached hydrogens (primary N) is 2. The summed E-state index contributed by atoms with van der Waals surface area (Å²) in [6, 6.07) is 4.66. The van der Waals surface area contributed by atoms with E-state index in [0.717, 1.165) is 5.52 Å². The van der Waals surface area contributed by atoms with Crippen molar-refractivity contribution in [2.45, 2.75) is 32.5 Å². The molecular formula is C20H21ClN8O3S. The topological polar surface area (TPSA) is 171 Å². The molecule has 1 unspecified atom stereocenters. The summed E-state index contributed by atoms with van der Waals surface area (Å²) in [5.41, 5.74) is 13.0. The van der Waals surface area contributed by atoms with E-state index in [1.807, 2.05) is 11.5 Å². The van der Waals surface area contributed by atoms with E-state index in [4.69, 9.17) is 23.1 Å². The van der Waals surface area contributed by atoms with Crippen LogP contribution in [0.2, 0.25) is 5.15 Å². The Bertz CT molecular complexity index is 1280. The number of hydrogen-bond acceptors (Lipinski definition) is 9. The average Bonchev–Trinajstić information content (AvgIpc) is 3.36. The van der Waals surface area contributed by atoms with E-state index in [0.29, 0.717) is 35.6 Å². The lowest BCUT2D eigenvalue weighted by Crippen LogP contribution is -2.37. The van der Waals surface area contributed by atoms with E-state index < -0.39 is 11.9 Å². The van der Waals surface area contributed by atoms with E-state index in [1.165, 1.54) is 11.8 Å². The number of benzene rings is 1. The average molecular weight is 489 g/mol. The van der Waals surface area contributed by atoms with Crippen LogP contribution in [0.1, 0.15) is 40.0 Å². The van der Waals surface area contributed by atoms with Crippen LogP contribution >= 0.6 is 23.4 Å². The zero-order valence-corrected chi connectivity index (χ0v) is 19.2. The minimum Gasteiger partial charge on any atom is -0.382 e. The van der Waals surface area contributed by atoms with Gasteiger partial charge in [-0.15, -0.1) is 0 Å². The number of nitrogen functional groups attached to an aromatic ring is 2. The number of rotatable bonds is 6. The van der Waals surface area contributed by atoms with E-state index in [9.17, 15) is 14.4 Å². The Morgan fingerprint density at radius 2 is 2.00 bits per heavy atom. The fourth-order valence-corrected chi connectivity index (χ4v) is 4.58. The van der Waals surface area contributed by atoms with Gasteiger partial charge in [-0.1, -0.05) is 23.4 Å². The van der Waals surface area contributed by atoms with Gasteiger partial charge in [-0.05, 0) is 31.5 Å². The highest BCUT2D eigenvalue weighted by Crippen LogP contribution is 2.22. The first-order chi connectivity index (χ1) is 15.8. The van der Waals surface area contributed by atoms with Crippen LogP contribution in [0.25, 0.3) is 11.0 Å². The molecule has 3 aromatic rings. The lowest BCUT2D eigenvalue weighted by Gasteiger charge is -2.11. The van der Waals surface area contributed by atoms with Gasteiger partial charge in [0.15, 0.2) is 22.5 Å². The molecule has 1 aliphatic rings. The Morgan fingerprint density at radius 3 is 2.70 bits per heavy atom. The molecule has 0 aliphatic carbocycles. The molecule has 33 heavy (non-hydrogen) atoms. The summed E-state index contributed by atoms with van der Waals surface area (Å²) in [4.78, 5) is 49.3. The number of thioether (sulfide) groups is 1. The van der Waals surface area contributed by atoms with E-state index in [-0.39, 0.29) is 40.0 Å². The molecule has 1 saturated heterocycles. The van der Waals surface area contributed by atoms with Crippen LogP contribution in [0, 0.1) is 0 Å². The number of halogens is 1. The van der Waals surface area contributed by atoms with Crippen molar-refractivity contribution in [3.63, 3.8) is 0 Å². The Hall–Kier alpha value is -3.38. The van der Waals surface area contributed by atoms with Gasteiger partial charge in [0, 0.05) is 17.9 Å². The molecule has 0 spiro atoms. The number of imidazole rings is 1.